The topological polar surface area (TPSA) is 38.2 Å². The molecule has 0 aliphatic carbocycles. The quantitative estimate of drug-likeness (QED) is 0.868. The molecule has 6 heteroatoms. The van der Waals surface area contributed by atoms with E-state index in [0.717, 1.165) is 49.7 Å². The summed E-state index contributed by atoms with van der Waals surface area (Å²) >= 11 is 12.3. The highest BCUT2D eigenvalue weighted by molar-refractivity contribution is 6.36. The van der Waals surface area contributed by atoms with Gasteiger partial charge in [-0.15, -0.1) is 0 Å². The van der Waals surface area contributed by atoms with Gasteiger partial charge in [-0.3, -0.25) is 4.90 Å². The van der Waals surface area contributed by atoms with Gasteiger partial charge in [0.15, 0.2) is 0 Å². The Morgan fingerprint density at radius 2 is 2.00 bits per heavy atom. The standard InChI is InChI=1S/C15H15Cl2N3O/c16-12-1-2-13(14(17)7-12)15-11(8-18-10-19-15)9-20-3-5-21-6-4-20/h1-2,7-8,10H,3-6,9H2. The number of hydrogen-bond donors (Lipinski definition) is 0. The Morgan fingerprint density at radius 3 is 2.76 bits per heavy atom. The number of morpholine rings is 1. The number of benzene rings is 1. The minimum Gasteiger partial charge on any atom is -0.379 e. The third-order valence-corrected chi connectivity index (χ3v) is 4.02. The molecule has 1 saturated heterocycles. The molecule has 1 aromatic carbocycles. The van der Waals surface area contributed by atoms with E-state index in [4.69, 9.17) is 27.9 Å². The Bertz CT molecular complexity index is 630. The number of halogens is 2. The zero-order valence-electron chi connectivity index (χ0n) is 11.4. The van der Waals surface area contributed by atoms with Crippen LogP contribution in [-0.4, -0.2) is 41.2 Å². The molecule has 0 radical (unpaired) electrons. The summed E-state index contributed by atoms with van der Waals surface area (Å²) in [5.74, 6) is 0. The third kappa shape index (κ3) is 3.52. The maximum absolute atomic E-state index is 6.30. The molecular formula is C15H15Cl2N3O. The molecule has 21 heavy (non-hydrogen) atoms. The molecule has 3 rings (SSSR count). The average molecular weight is 324 g/mol. The normalized spacial score (nSPS) is 16.1. The van der Waals surface area contributed by atoms with Gasteiger partial charge in [-0.25, -0.2) is 9.97 Å². The van der Waals surface area contributed by atoms with E-state index in [1.54, 1.807) is 12.4 Å². The SMILES string of the molecule is Clc1ccc(-c2ncncc2CN2CCOCC2)c(Cl)c1. The smallest absolute Gasteiger partial charge is 0.116 e. The van der Waals surface area contributed by atoms with E-state index in [0.29, 0.717) is 10.0 Å². The summed E-state index contributed by atoms with van der Waals surface area (Å²) in [6.45, 7) is 4.17. The van der Waals surface area contributed by atoms with Gasteiger partial charge >= 0.3 is 0 Å². The summed E-state index contributed by atoms with van der Waals surface area (Å²) in [4.78, 5) is 10.9. The lowest BCUT2D eigenvalue weighted by Gasteiger charge is -2.27. The van der Waals surface area contributed by atoms with E-state index in [9.17, 15) is 0 Å². The Balaban J connectivity index is 1.91. The largest absolute Gasteiger partial charge is 0.379 e. The molecule has 0 unspecified atom stereocenters. The first-order chi connectivity index (χ1) is 10.2. The van der Waals surface area contributed by atoms with Crippen molar-refractivity contribution in [3.8, 4) is 11.3 Å². The van der Waals surface area contributed by atoms with Crippen molar-refractivity contribution in [2.24, 2.45) is 0 Å². The molecule has 1 fully saturated rings. The van der Waals surface area contributed by atoms with E-state index in [-0.39, 0.29) is 0 Å². The third-order valence-electron chi connectivity index (χ3n) is 3.47. The van der Waals surface area contributed by atoms with E-state index >= 15 is 0 Å². The predicted molar refractivity (Wildman–Crippen MR) is 83.6 cm³/mol. The fourth-order valence-corrected chi connectivity index (χ4v) is 2.90. The Morgan fingerprint density at radius 1 is 1.19 bits per heavy atom. The van der Waals surface area contributed by atoms with Crippen LogP contribution in [0.2, 0.25) is 10.0 Å². The highest BCUT2D eigenvalue weighted by Gasteiger charge is 2.16. The first-order valence-corrected chi connectivity index (χ1v) is 7.54. The lowest BCUT2D eigenvalue weighted by Crippen LogP contribution is -2.35. The van der Waals surface area contributed by atoms with Crippen LogP contribution in [0.5, 0.6) is 0 Å². The molecule has 0 saturated carbocycles. The van der Waals surface area contributed by atoms with Crippen LogP contribution in [0.3, 0.4) is 0 Å². The van der Waals surface area contributed by atoms with E-state index in [1.807, 2.05) is 18.3 Å². The molecule has 0 spiro atoms. The van der Waals surface area contributed by atoms with Gasteiger partial charge in [0.1, 0.15) is 6.33 Å². The van der Waals surface area contributed by atoms with Crippen LogP contribution in [0.15, 0.2) is 30.7 Å². The van der Waals surface area contributed by atoms with Gasteiger partial charge in [0, 0.05) is 42.0 Å². The molecule has 0 N–H and O–H groups in total. The molecule has 1 aromatic heterocycles. The summed E-state index contributed by atoms with van der Waals surface area (Å²) < 4.78 is 5.38. The van der Waals surface area contributed by atoms with Gasteiger partial charge in [0.05, 0.1) is 23.9 Å². The second kappa shape index (κ2) is 6.71. The maximum Gasteiger partial charge on any atom is 0.116 e. The van der Waals surface area contributed by atoms with Crippen molar-refractivity contribution in [2.45, 2.75) is 6.54 Å². The Hall–Kier alpha value is -1.20. The molecule has 2 aromatic rings. The number of aromatic nitrogens is 2. The van der Waals surface area contributed by atoms with E-state index in [2.05, 4.69) is 14.9 Å². The van der Waals surface area contributed by atoms with Gasteiger partial charge in [-0.2, -0.15) is 0 Å². The molecular weight excluding hydrogens is 309 g/mol. The van der Waals surface area contributed by atoms with Crippen molar-refractivity contribution in [1.82, 2.24) is 14.9 Å². The fourth-order valence-electron chi connectivity index (χ4n) is 2.40. The van der Waals surface area contributed by atoms with Crippen LogP contribution < -0.4 is 0 Å². The van der Waals surface area contributed by atoms with Gasteiger partial charge in [0.25, 0.3) is 0 Å². The summed E-state index contributed by atoms with van der Waals surface area (Å²) in [5.41, 5.74) is 2.80. The monoisotopic (exact) mass is 323 g/mol. The Labute approximate surface area is 133 Å². The number of ether oxygens (including phenoxy) is 1. The van der Waals surface area contributed by atoms with Crippen LogP contribution in [-0.2, 0) is 11.3 Å². The molecule has 1 aliphatic rings. The first-order valence-electron chi connectivity index (χ1n) is 6.78. The second-order valence-electron chi connectivity index (χ2n) is 4.91. The summed E-state index contributed by atoms with van der Waals surface area (Å²) in [6, 6.07) is 5.46. The number of hydrogen-bond acceptors (Lipinski definition) is 4. The first kappa shape index (κ1) is 14.7. The zero-order valence-corrected chi connectivity index (χ0v) is 12.9. The van der Waals surface area contributed by atoms with Gasteiger partial charge in [0.2, 0.25) is 0 Å². The predicted octanol–water partition coefficient (Wildman–Crippen LogP) is 3.28. The van der Waals surface area contributed by atoms with E-state index in [1.165, 1.54) is 0 Å². The van der Waals surface area contributed by atoms with Crippen molar-refractivity contribution in [2.75, 3.05) is 26.3 Å². The van der Waals surface area contributed by atoms with Gasteiger partial charge in [-0.05, 0) is 18.2 Å². The van der Waals surface area contributed by atoms with Crippen molar-refractivity contribution in [1.29, 1.82) is 0 Å². The summed E-state index contributed by atoms with van der Waals surface area (Å²) in [5, 5.41) is 1.22. The zero-order chi connectivity index (χ0) is 14.7. The molecule has 4 nitrogen and oxygen atoms in total. The molecule has 110 valence electrons. The van der Waals surface area contributed by atoms with Gasteiger partial charge < -0.3 is 4.74 Å². The van der Waals surface area contributed by atoms with Crippen molar-refractivity contribution in [3.05, 3.63) is 46.3 Å². The van der Waals surface area contributed by atoms with Crippen LogP contribution in [0.1, 0.15) is 5.56 Å². The lowest BCUT2D eigenvalue weighted by atomic mass is 10.1. The summed E-state index contributed by atoms with van der Waals surface area (Å²) in [6.07, 6.45) is 3.39. The minimum absolute atomic E-state index is 0.601. The minimum atomic E-state index is 0.601. The highest BCUT2D eigenvalue weighted by Crippen LogP contribution is 2.31. The summed E-state index contributed by atoms with van der Waals surface area (Å²) in [7, 11) is 0. The molecule has 2 heterocycles. The molecule has 0 amide bonds. The fraction of sp³-hybridized carbons (Fsp3) is 0.333. The van der Waals surface area contributed by atoms with Crippen LogP contribution in [0.4, 0.5) is 0 Å². The molecule has 1 aliphatic heterocycles. The second-order valence-corrected chi connectivity index (χ2v) is 5.75. The van der Waals surface area contributed by atoms with Crippen molar-refractivity contribution >= 4 is 23.2 Å². The van der Waals surface area contributed by atoms with Crippen LogP contribution in [0.25, 0.3) is 11.3 Å². The van der Waals surface area contributed by atoms with Crippen molar-refractivity contribution in [3.63, 3.8) is 0 Å². The number of rotatable bonds is 3. The molecule has 0 bridgehead atoms. The highest BCUT2D eigenvalue weighted by atomic mass is 35.5. The van der Waals surface area contributed by atoms with Crippen LogP contribution in [0, 0.1) is 0 Å². The lowest BCUT2D eigenvalue weighted by molar-refractivity contribution is 0.0342. The van der Waals surface area contributed by atoms with E-state index < -0.39 is 0 Å². The maximum atomic E-state index is 6.30. The number of nitrogens with zero attached hydrogens (tertiary/aromatic N) is 3. The Kier molecular flexibility index (Phi) is 4.70. The average Bonchev–Trinajstić information content (AvgIpc) is 2.49. The van der Waals surface area contributed by atoms with Gasteiger partial charge in [-0.1, -0.05) is 23.2 Å². The molecule has 0 atom stereocenters. The van der Waals surface area contributed by atoms with Crippen LogP contribution >= 0.6 is 23.2 Å². The van der Waals surface area contributed by atoms with Crippen molar-refractivity contribution < 1.29 is 4.74 Å².